The van der Waals surface area contributed by atoms with Crippen molar-refractivity contribution in [2.45, 2.75) is 58.6 Å². The van der Waals surface area contributed by atoms with Crippen molar-refractivity contribution in [1.29, 1.82) is 10.8 Å². The van der Waals surface area contributed by atoms with Crippen LogP contribution in [0.15, 0.2) is 71.8 Å². The van der Waals surface area contributed by atoms with Gasteiger partial charge in [-0.1, -0.05) is 45.0 Å². The van der Waals surface area contributed by atoms with Crippen LogP contribution in [0.3, 0.4) is 0 Å². The summed E-state index contributed by atoms with van der Waals surface area (Å²) in [5.41, 5.74) is 9.15. The van der Waals surface area contributed by atoms with E-state index in [4.69, 9.17) is 25.5 Å². The number of carbonyl (C=O) groups excluding carboxylic acids is 1. The van der Waals surface area contributed by atoms with Gasteiger partial charge in [-0.3, -0.25) is 29.6 Å². The van der Waals surface area contributed by atoms with Gasteiger partial charge in [0, 0.05) is 37.3 Å². The van der Waals surface area contributed by atoms with Crippen LogP contribution < -0.4 is 26.6 Å². The number of piperidine rings is 1. The lowest BCUT2D eigenvalue weighted by molar-refractivity contribution is 0.170. The number of nitrogens with one attached hydrogen (secondary N) is 4. The number of hydrogen-bond donors (Lipinski definition) is 5. The van der Waals surface area contributed by atoms with Crippen LogP contribution in [-0.2, 0) is 21.3 Å². The highest BCUT2D eigenvalue weighted by atomic mass is 32.2. The number of allylic oxidation sites excluding steroid dienone is 1. The highest BCUT2D eigenvalue weighted by Gasteiger charge is 2.30. The Bertz CT molecular complexity index is 1970. The van der Waals surface area contributed by atoms with Crippen molar-refractivity contribution in [1.82, 2.24) is 29.9 Å². The van der Waals surface area contributed by atoms with Crippen LogP contribution >= 0.6 is 0 Å². The largest absolute Gasteiger partial charge is 0.484 e. The molecule has 2 aliphatic rings. The molecule has 1 saturated heterocycles. The normalized spacial score (nSPS) is 19.0. The van der Waals surface area contributed by atoms with E-state index in [-0.39, 0.29) is 41.5 Å². The zero-order valence-corrected chi connectivity index (χ0v) is 30.5. The standard InChI is InChI=1S/C35H48N10O5S/c1-35(2,3)30(36)18-32(40-24-19-39-43(4)20-24)42-34(46)41-28-11-12-29(27-9-7-6-8-26(27)28)50-25-10-13-31(37)45(21-25)33(38)44-16-14-23(15-17-44)22-49-51(5,47)48/h6-10,13,18-21,23,28-29,37-38H,11-12,14-17,22,36H2,1-5H3,(H2,40,41,42,46)/t28-,29+/m0/s1. The predicted octanol–water partition coefficient (Wildman–Crippen LogP) is 4.05. The molecule has 1 aliphatic heterocycles. The van der Waals surface area contributed by atoms with Crippen LogP contribution in [0.1, 0.15) is 69.7 Å². The summed E-state index contributed by atoms with van der Waals surface area (Å²) in [5, 5.41) is 27.5. The van der Waals surface area contributed by atoms with Crippen molar-refractivity contribution in [3.8, 4) is 5.75 Å². The molecule has 3 aromatic rings. The van der Waals surface area contributed by atoms with E-state index in [1.165, 1.54) is 4.57 Å². The van der Waals surface area contributed by atoms with E-state index in [0.29, 0.717) is 61.7 Å². The number of rotatable bonds is 8. The molecule has 2 aromatic heterocycles. The molecule has 1 aromatic carbocycles. The lowest BCUT2D eigenvalue weighted by atomic mass is 9.85. The molecule has 0 radical (unpaired) electrons. The average Bonchev–Trinajstić information content (AvgIpc) is 3.48. The van der Waals surface area contributed by atoms with Crippen molar-refractivity contribution in [2.24, 2.45) is 29.1 Å². The Balaban J connectivity index is 1.26. The maximum Gasteiger partial charge on any atom is 0.320 e. The van der Waals surface area contributed by atoms with Gasteiger partial charge in [0.05, 0.1) is 37.5 Å². The zero-order chi connectivity index (χ0) is 36.9. The number of likely N-dealkylation sites (tertiary alicyclic amines) is 1. The van der Waals surface area contributed by atoms with Crippen molar-refractivity contribution in [3.63, 3.8) is 0 Å². The number of fused-ring (bicyclic) bond motifs is 1. The number of hydrogen-bond acceptors (Lipinski definition) is 10. The summed E-state index contributed by atoms with van der Waals surface area (Å²) >= 11 is 0. The second-order valence-electron chi connectivity index (χ2n) is 14.0. The summed E-state index contributed by atoms with van der Waals surface area (Å²) in [6.07, 6.45) is 9.96. The van der Waals surface area contributed by atoms with Gasteiger partial charge >= 0.3 is 6.03 Å². The molecule has 0 spiro atoms. The first kappa shape index (κ1) is 37.3. The fourth-order valence-corrected chi connectivity index (χ4v) is 6.41. The van der Waals surface area contributed by atoms with Crippen LogP contribution in [0.4, 0.5) is 10.5 Å². The summed E-state index contributed by atoms with van der Waals surface area (Å²) in [4.78, 5) is 19.8. The Labute approximate surface area is 298 Å². The summed E-state index contributed by atoms with van der Waals surface area (Å²) in [7, 11) is -1.71. The van der Waals surface area contributed by atoms with Gasteiger partial charge in [0.25, 0.3) is 10.1 Å². The van der Waals surface area contributed by atoms with E-state index in [0.717, 1.165) is 17.4 Å². The summed E-state index contributed by atoms with van der Waals surface area (Å²) < 4.78 is 37.3. The first-order chi connectivity index (χ1) is 24.1. The maximum atomic E-state index is 13.4. The Morgan fingerprint density at radius 3 is 2.45 bits per heavy atom. The molecule has 1 fully saturated rings. The molecule has 5 rings (SSSR count). The quantitative estimate of drug-likeness (QED) is 0.130. The molecule has 2 atom stereocenters. The predicted molar refractivity (Wildman–Crippen MR) is 194 cm³/mol. The molecule has 3 heterocycles. The van der Waals surface area contributed by atoms with Crippen LogP contribution in [-0.4, -0.2) is 71.4 Å². The number of urea groups is 1. The number of carbonyl (C=O) groups is 1. The lowest BCUT2D eigenvalue weighted by Crippen LogP contribution is -2.45. The van der Waals surface area contributed by atoms with Crippen molar-refractivity contribution >= 4 is 33.6 Å². The Hall–Kier alpha value is -4.96. The number of amides is 2. The summed E-state index contributed by atoms with van der Waals surface area (Å²) in [5.74, 6) is 1.04. The van der Waals surface area contributed by atoms with Crippen molar-refractivity contribution < 1.29 is 22.1 Å². The number of aromatic nitrogens is 3. The minimum Gasteiger partial charge on any atom is -0.484 e. The second-order valence-corrected chi connectivity index (χ2v) is 15.7. The molecule has 2 amide bonds. The maximum absolute atomic E-state index is 13.4. The molecule has 274 valence electrons. The first-order valence-electron chi connectivity index (χ1n) is 16.9. The first-order valence-corrected chi connectivity index (χ1v) is 18.7. The van der Waals surface area contributed by atoms with Gasteiger partial charge in [-0.05, 0) is 54.9 Å². The summed E-state index contributed by atoms with van der Waals surface area (Å²) in [6, 6.07) is 10.4. The molecule has 0 saturated carbocycles. The van der Waals surface area contributed by atoms with Crippen molar-refractivity contribution in [2.75, 3.05) is 26.0 Å². The average molecular weight is 721 g/mol. The Kier molecular flexibility index (Phi) is 11.3. The number of pyridine rings is 1. The Morgan fingerprint density at radius 2 is 1.80 bits per heavy atom. The summed E-state index contributed by atoms with van der Waals surface area (Å²) in [6.45, 7) is 7.17. The highest BCUT2D eigenvalue weighted by molar-refractivity contribution is 7.85. The van der Waals surface area contributed by atoms with E-state index < -0.39 is 16.1 Å². The van der Waals surface area contributed by atoms with Gasteiger partial charge < -0.3 is 20.7 Å². The van der Waals surface area contributed by atoms with E-state index >= 15 is 0 Å². The number of amidine groups is 1. The Morgan fingerprint density at radius 1 is 1.10 bits per heavy atom. The number of nitrogens with two attached hydrogens (primary N) is 1. The van der Waals surface area contributed by atoms with Crippen LogP contribution in [0, 0.1) is 22.2 Å². The monoisotopic (exact) mass is 720 g/mol. The third-order valence-corrected chi connectivity index (χ3v) is 9.51. The van der Waals surface area contributed by atoms with Gasteiger partial charge in [0.15, 0.2) is 0 Å². The fraction of sp³-hybridized carbons (Fsp3) is 0.457. The van der Waals surface area contributed by atoms with Gasteiger partial charge in [0.2, 0.25) is 5.96 Å². The topological polar surface area (TPSA) is 206 Å². The van der Waals surface area contributed by atoms with Crippen LogP contribution in [0.25, 0.3) is 0 Å². The van der Waals surface area contributed by atoms with E-state index in [2.05, 4.69) is 20.7 Å². The van der Waals surface area contributed by atoms with Gasteiger partial charge in [-0.2, -0.15) is 13.5 Å². The van der Waals surface area contributed by atoms with E-state index in [1.807, 2.05) is 49.9 Å². The third-order valence-electron chi connectivity index (χ3n) is 8.94. The molecule has 6 N–H and O–H groups in total. The van der Waals surface area contributed by atoms with Crippen LogP contribution in [0.2, 0.25) is 0 Å². The van der Waals surface area contributed by atoms with Gasteiger partial charge in [0.1, 0.15) is 28.9 Å². The smallest absolute Gasteiger partial charge is 0.320 e. The molecule has 0 unspecified atom stereocenters. The molecular formula is C35H48N10O5S. The SMILES string of the molecule is Cn1cc(N=C(C=C(N)C(C)(C)C)NC(=O)N[C@H]2CC[C@@H](Oc3ccc(=N)n(C(=N)N4CCC(COS(C)(=O)=O)CC4)c3)c3ccccc32)cn1. The number of ether oxygens (including phenoxy) is 1. The van der Waals surface area contributed by atoms with Crippen LogP contribution in [0.5, 0.6) is 5.75 Å². The molecule has 0 bridgehead atoms. The lowest BCUT2D eigenvalue weighted by Gasteiger charge is -2.34. The zero-order valence-electron chi connectivity index (χ0n) is 29.7. The third kappa shape index (κ3) is 10.1. The van der Waals surface area contributed by atoms with E-state index in [1.54, 1.807) is 48.5 Å². The molecule has 51 heavy (non-hydrogen) atoms. The number of aliphatic imine (C=N–C) groups is 1. The number of aryl methyl sites for hydroxylation is 1. The molecule has 15 nitrogen and oxygen atoms in total. The molecule has 1 aliphatic carbocycles. The second kappa shape index (κ2) is 15.5. The minimum atomic E-state index is -3.50. The highest BCUT2D eigenvalue weighted by Crippen LogP contribution is 2.38. The number of nitrogens with zero attached hydrogens (tertiary/aromatic N) is 5. The van der Waals surface area contributed by atoms with E-state index in [9.17, 15) is 13.2 Å². The molecule has 16 heteroatoms. The number of benzene rings is 1. The van der Waals surface area contributed by atoms with Gasteiger partial charge in [-0.25, -0.2) is 9.79 Å². The van der Waals surface area contributed by atoms with Gasteiger partial charge in [-0.15, -0.1) is 0 Å². The fourth-order valence-electron chi connectivity index (χ4n) is 5.97. The minimum absolute atomic E-state index is 0.0841. The molecular weight excluding hydrogens is 673 g/mol. The van der Waals surface area contributed by atoms with Crippen molar-refractivity contribution in [3.05, 3.63) is 83.4 Å².